The lowest BCUT2D eigenvalue weighted by atomic mass is 10.1. The van der Waals surface area contributed by atoms with Crippen molar-refractivity contribution in [1.29, 1.82) is 0 Å². The average Bonchev–Trinajstić information content (AvgIpc) is 3.25. The van der Waals surface area contributed by atoms with Crippen LogP contribution < -0.4 is 5.32 Å². The molecular weight excluding hydrogens is 379 g/mol. The maximum atomic E-state index is 13.9. The van der Waals surface area contributed by atoms with Gasteiger partial charge in [0.15, 0.2) is 28.1 Å². The number of hydrogen-bond donors (Lipinski definition) is 1. The van der Waals surface area contributed by atoms with Crippen LogP contribution in [0.3, 0.4) is 0 Å². The van der Waals surface area contributed by atoms with Crippen molar-refractivity contribution in [2.45, 2.75) is 13.8 Å². The third-order valence-electron chi connectivity index (χ3n) is 4.34. The van der Waals surface area contributed by atoms with E-state index in [9.17, 15) is 14.0 Å². The smallest absolute Gasteiger partial charge is 0.293 e. The van der Waals surface area contributed by atoms with Gasteiger partial charge in [-0.05, 0) is 13.0 Å². The Morgan fingerprint density at radius 1 is 1.11 bits per heavy atom. The largest absolute Gasteiger partial charge is 0.448 e. The summed E-state index contributed by atoms with van der Waals surface area (Å²) in [7, 11) is 0. The third kappa shape index (κ3) is 3.10. The molecule has 7 heteroatoms. The molecule has 0 unspecified atom stereocenters. The van der Waals surface area contributed by atoms with Crippen molar-refractivity contribution in [2.75, 3.05) is 5.32 Å². The van der Waals surface area contributed by atoms with E-state index < -0.39 is 11.7 Å². The van der Waals surface area contributed by atoms with Crippen LogP contribution in [-0.4, -0.2) is 16.7 Å². The maximum absolute atomic E-state index is 13.9. The summed E-state index contributed by atoms with van der Waals surface area (Å²) in [5.41, 5.74) is 1.88. The number of thiazole rings is 1. The molecule has 0 aliphatic rings. The van der Waals surface area contributed by atoms with Crippen molar-refractivity contribution < 1.29 is 18.4 Å². The molecule has 0 saturated carbocycles. The zero-order valence-electron chi connectivity index (χ0n) is 15.1. The number of ketones is 1. The number of furan rings is 1. The number of rotatable bonds is 4. The molecule has 4 aromatic rings. The fourth-order valence-corrected chi connectivity index (χ4v) is 3.86. The highest BCUT2D eigenvalue weighted by Crippen LogP contribution is 2.33. The lowest BCUT2D eigenvalue weighted by Gasteiger charge is -1.99. The van der Waals surface area contributed by atoms with Crippen molar-refractivity contribution in [2.24, 2.45) is 0 Å². The van der Waals surface area contributed by atoms with Crippen LogP contribution in [0, 0.1) is 12.7 Å². The lowest BCUT2D eigenvalue weighted by Crippen LogP contribution is -2.11. The molecule has 140 valence electrons. The van der Waals surface area contributed by atoms with E-state index in [0.717, 1.165) is 16.9 Å². The summed E-state index contributed by atoms with van der Waals surface area (Å²) >= 11 is 1.09. The van der Waals surface area contributed by atoms with Gasteiger partial charge >= 0.3 is 0 Å². The minimum atomic E-state index is -0.545. The number of carbonyl (C=O) groups is 2. The van der Waals surface area contributed by atoms with Gasteiger partial charge in [-0.25, -0.2) is 9.37 Å². The van der Waals surface area contributed by atoms with Crippen LogP contribution in [0.15, 0.2) is 52.9 Å². The quantitative estimate of drug-likeness (QED) is 0.467. The number of aromatic nitrogens is 1. The van der Waals surface area contributed by atoms with E-state index in [4.69, 9.17) is 4.42 Å². The molecule has 0 aliphatic carbocycles. The molecule has 2 aromatic heterocycles. The van der Waals surface area contributed by atoms with Crippen molar-refractivity contribution in [3.63, 3.8) is 0 Å². The molecule has 1 amide bonds. The van der Waals surface area contributed by atoms with Gasteiger partial charge in [0.1, 0.15) is 0 Å². The Labute approximate surface area is 163 Å². The Morgan fingerprint density at radius 2 is 1.86 bits per heavy atom. The number of anilines is 1. The first-order valence-electron chi connectivity index (χ1n) is 8.52. The molecule has 0 radical (unpaired) electrons. The van der Waals surface area contributed by atoms with E-state index in [1.807, 2.05) is 30.3 Å². The molecule has 0 atom stereocenters. The summed E-state index contributed by atoms with van der Waals surface area (Å²) in [6.07, 6.45) is 0. The van der Waals surface area contributed by atoms with Gasteiger partial charge < -0.3 is 4.42 Å². The summed E-state index contributed by atoms with van der Waals surface area (Å²) in [6.45, 7) is 3.15. The standard InChI is InChI=1S/C21H15FN2O3S/c1-11-14-9-6-10-15(22)18(14)27-17(11)20(26)24-21-23-16(19(28-21)12(2)25)13-7-4-3-5-8-13/h3-10H,1-2H3,(H,23,24,26). The number of aryl methyl sites for hydroxylation is 1. The number of nitrogens with zero attached hydrogens (tertiary/aromatic N) is 1. The topological polar surface area (TPSA) is 72.2 Å². The Balaban J connectivity index is 1.70. The first kappa shape index (κ1) is 18.1. The predicted octanol–water partition coefficient (Wildman–Crippen LogP) is 5.46. The second-order valence-corrected chi connectivity index (χ2v) is 7.24. The highest BCUT2D eigenvalue weighted by molar-refractivity contribution is 7.18. The number of nitrogens with one attached hydrogen (secondary N) is 1. The summed E-state index contributed by atoms with van der Waals surface area (Å²) in [5.74, 6) is -1.20. The van der Waals surface area contributed by atoms with Crippen molar-refractivity contribution in [1.82, 2.24) is 4.98 Å². The van der Waals surface area contributed by atoms with Crippen molar-refractivity contribution in [3.05, 3.63) is 70.5 Å². The van der Waals surface area contributed by atoms with Gasteiger partial charge in [-0.15, -0.1) is 0 Å². The first-order chi connectivity index (χ1) is 13.5. The van der Waals surface area contributed by atoms with E-state index in [-0.39, 0.29) is 22.3 Å². The number of amides is 1. The van der Waals surface area contributed by atoms with Crippen LogP contribution in [-0.2, 0) is 0 Å². The molecule has 0 fully saturated rings. The predicted molar refractivity (Wildman–Crippen MR) is 106 cm³/mol. The SMILES string of the molecule is CC(=O)c1sc(NC(=O)c2oc3c(F)cccc3c2C)nc1-c1ccccc1. The lowest BCUT2D eigenvalue weighted by molar-refractivity contribution is 0.0994. The number of halogens is 1. The second kappa shape index (κ2) is 7.01. The molecule has 4 rings (SSSR count). The van der Waals surface area contributed by atoms with Gasteiger partial charge in [0, 0.05) is 23.4 Å². The van der Waals surface area contributed by atoms with Crippen LogP contribution in [0.25, 0.3) is 22.2 Å². The number of carbonyl (C=O) groups excluding carboxylic acids is 2. The molecule has 2 aromatic carbocycles. The third-order valence-corrected chi connectivity index (χ3v) is 5.41. The summed E-state index contributed by atoms with van der Waals surface area (Å²) in [5, 5.41) is 3.48. The van der Waals surface area contributed by atoms with Gasteiger partial charge in [-0.3, -0.25) is 14.9 Å². The minimum absolute atomic E-state index is 0.0148. The van der Waals surface area contributed by atoms with E-state index in [1.165, 1.54) is 13.0 Å². The zero-order chi connectivity index (χ0) is 19.8. The maximum Gasteiger partial charge on any atom is 0.293 e. The van der Waals surface area contributed by atoms with Crippen LogP contribution in [0.5, 0.6) is 0 Å². The van der Waals surface area contributed by atoms with Crippen LogP contribution in [0.1, 0.15) is 32.7 Å². The highest BCUT2D eigenvalue weighted by Gasteiger charge is 2.22. The number of para-hydroxylation sites is 1. The van der Waals surface area contributed by atoms with Gasteiger partial charge in [0.25, 0.3) is 5.91 Å². The van der Waals surface area contributed by atoms with Gasteiger partial charge in [0.05, 0.1) is 10.6 Å². The number of fused-ring (bicyclic) bond motifs is 1. The van der Waals surface area contributed by atoms with Gasteiger partial charge in [-0.2, -0.15) is 0 Å². The van der Waals surface area contributed by atoms with E-state index in [1.54, 1.807) is 19.1 Å². The monoisotopic (exact) mass is 394 g/mol. The van der Waals surface area contributed by atoms with Crippen molar-refractivity contribution in [3.8, 4) is 11.3 Å². The molecule has 2 heterocycles. The first-order valence-corrected chi connectivity index (χ1v) is 9.33. The minimum Gasteiger partial charge on any atom is -0.448 e. The molecule has 1 N–H and O–H groups in total. The zero-order valence-corrected chi connectivity index (χ0v) is 15.9. The van der Waals surface area contributed by atoms with Crippen LogP contribution in [0.4, 0.5) is 9.52 Å². The number of benzene rings is 2. The van der Waals surface area contributed by atoms with E-state index >= 15 is 0 Å². The molecule has 5 nitrogen and oxygen atoms in total. The Hall–Kier alpha value is -3.32. The molecule has 0 spiro atoms. The molecule has 0 bridgehead atoms. The Bertz CT molecular complexity index is 1210. The normalized spacial score (nSPS) is 11.0. The van der Waals surface area contributed by atoms with Gasteiger partial charge in [0.2, 0.25) is 0 Å². The fraction of sp³-hybridized carbons (Fsp3) is 0.0952. The summed E-state index contributed by atoms with van der Waals surface area (Å²) in [4.78, 5) is 29.6. The second-order valence-electron chi connectivity index (χ2n) is 6.25. The molecule has 0 aliphatic heterocycles. The Morgan fingerprint density at radius 3 is 2.54 bits per heavy atom. The number of hydrogen-bond acceptors (Lipinski definition) is 5. The van der Waals surface area contributed by atoms with E-state index in [0.29, 0.717) is 21.5 Å². The molecule has 0 saturated heterocycles. The van der Waals surface area contributed by atoms with Crippen molar-refractivity contribution >= 4 is 39.1 Å². The van der Waals surface area contributed by atoms with Gasteiger partial charge in [-0.1, -0.05) is 53.8 Å². The van der Waals surface area contributed by atoms with Crippen LogP contribution in [0.2, 0.25) is 0 Å². The molecule has 28 heavy (non-hydrogen) atoms. The fourth-order valence-electron chi connectivity index (χ4n) is 2.98. The number of Topliss-reactive ketones (excluding diaryl/α,β-unsaturated/α-hetero) is 1. The summed E-state index contributed by atoms with van der Waals surface area (Å²) < 4.78 is 19.4. The Kier molecular flexibility index (Phi) is 4.52. The summed E-state index contributed by atoms with van der Waals surface area (Å²) in [6, 6.07) is 13.8. The van der Waals surface area contributed by atoms with Crippen LogP contribution >= 0.6 is 11.3 Å². The molecular formula is C21H15FN2O3S. The van der Waals surface area contributed by atoms with E-state index in [2.05, 4.69) is 10.3 Å². The average molecular weight is 394 g/mol. The highest BCUT2D eigenvalue weighted by atomic mass is 32.1.